The Morgan fingerprint density at radius 2 is 1.85 bits per heavy atom. The fourth-order valence-electron chi connectivity index (χ4n) is 4.06. The van der Waals surface area contributed by atoms with Crippen LogP contribution in [0, 0.1) is 0 Å². The maximum absolute atomic E-state index is 13.1. The summed E-state index contributed by atoms with van der Waals surface area (Å²) in [5, 5.41) is 11.4. The Hall–Kier alpha value is -3.78. The number of likely N-dealkylation sites (tertiary alicyclic amines) is 1. The molecule has 1 N–H and O–H groups in total. The number of carbonyl (C=O) groups excluding carboxylic acids is 2. The Morgan fingerprint density at radius 3 is 2.47 bits per heavy atom. The first-order valence-corrected chi connectivity index (χ1v) is 11.0. The van der Waals surface area contributed by atoms with Crippen molar-refractivity contribution in [1.82, 2.24) is 14.5 Å². The first-order valence-electron chi connectivity index (χ1n) is 10.7. The van der Waals surface area contributed by atoms with Crippen molar-refractivity contribution < 1.29 is 24.2 Å². The molecule has 0 spiro atoms. The predicted molar refractivity (Wildman–Crippen MR) is 127 cm³/mol. The summed E-state index contributed by atoms with van der Waals surface area (Å²) in [5.41, 5.74) is 1.02. The third kappa shape index (κ3) is 4.49. The van der Waals surface area contributed by atoms with E-state index in [-0.39, 0.29) is 16.4 Å². The van der Waals surface area contributed by atoms with Crippen LogP contribution in [-0.2, 0) is 16.1 Å². The molecule has 3 aromatic rings. The highest BCUT2D eigenvalue weighted by atomic mass is 35.5. The van der Waals surface area contributed by atoms with Crippen molar-refractivity contribution in [3.05, 3.63) is 82.9 Å². The average Bonchev–Trinajstić information content (AvgIpc) is 3.46. The normalized spacial score (nSPS) is 17.3. The van der Waals surface area contributed by atoms with Crippen molar-refractivity contribution in [2.75, 3.05) is 20.8 Å². The van der Waals surface area contributed by atoms with Crippen LogP contribution in [0.25, 0.3) is 5.76 Å². The van der Waals surface area contributed by atoms with E-state index < -0.39 is 17.7 Å². The van der Waals surface area contributed by atoms with Gasteiger partial charge in [0.1, 0.15) is 17.3 Å². The second-order valence-electron chi connectivity index (χ2n) is 7.77. The molecule has 8 nitrogen and oxygen atoms in total. The molecule has 1 saturated heterocycles. The van der Waals surface area contributed by atoms with Crippen molar-refractivity contribution >= 4 is 29.1 Å². The Kier molecular flexibility index (Phi) is 6.88. The number of imidazole rings is 1. The number of aliphatic hydroxyl groups is 1. The second kappa shape index (κ2) is 10.0. The quantitative estimate of drug-likeness (QED) is 0.296. The zero-order chi connectivity index (χ0) is 24.2. The van der Waals surface area contributed by atoms with Crippen LogP contribution >= 0.6 is 11.6 Å². The standard InChI is InChI=1S/C25H24ClN3O5/c1-33-18-7-4-16(5-8-18)22-21(23(30)17-6-9-20(34-2)19(26)14-17)24(31)25(32)29(22)12-3-11-28-13-10-27-15-28/h4-10,13-15,22,30H,3,11-12H2,1-2H3/b23-21+/t22-/m1/s1. The molecular weight excluding hydrogens is 458 g/mol. The van der Waals surface area contributed by atoms with Gasteiger partial charge in [0, 0.05) is 31.0 Å². The zero-order valence-corrected chi connectivity index (χ0v) is 19.5. The van der Waals surface area contributed by atoms with E-state index in [1.807, 2.05) is 10.8 Å². The minimum atomic E-state index is -0.755. The number of rotatable bonds is 8. The molecule has 0 radical (unpaired) electrons. The van der Waals surface area contributed by atoms with Crippen LogP contribution in [-0.4, -0.2) is 52.0 Å². The summed E-state index contributed by atoms with van der Waals surface area (Å²) in [6.07, 6.45) is 5.82. The van der Waals surface area contributed by atoms with Crippen LogP contribution in [0.5, 0.6) is 11.5 Å². The van der Waals surface area contributed by atoms with E-state index in [0.717, 1.165) is 0 Å². The fourth-order valence-corrected chi connectivity index (χ4v) is 4.31. The molecule has 2 heterocycles. The lowest BCUT2D eigenvalue weighted by molar-refractivity contribution is -0.139. The van der Waals surface area contributed by atoms with Crippen molar-refractivity contribution in [3.63, 3.8) is 0 Å². The van der Waals surface area contributed by atoms with E-state index in [9.17, 15) is 14.7 Å². The molecule has 4 rings (SSSR count). The Bertz CT molecular complexity index is 1220. The SMILES string of the molecule is COc1ccc([C@@H]2/C(=C(\O)c3ccc(OC)c(Cl)c3)C(=O)C(=O)N2CCCn2ccnc2)cc1. The first-order chi connectivity index (χ1) is 16.4. The van der Waals surface area contributed by atoms with Crippen LogP contribution in [0.2, 0.25) is 5.02 Å². The summed E-state index contributed by atoms with van der Waals surface area (Å²) in [4.78, 5) is 31.7. The number of benzene rings is 2. The number of nitrogens with zero attached hydrogens (tertiary/aromatic N) is 3. The summed E-state index contributed by atoms with van der Waals surface area (Å²) in [6, 6.07) is 11.0. The van der Waals surface area contributed by atoms with Gasteiger partial charge in [0.2, 0.25) is 0 Å². The van der Waals surface area contributed by atoms with Crippen LogP contribution in [0.15, 0.2) is 66.8 Å². The minimum absolute atomic E-state index is 0.0130. The van der Waals surface area contributed by atoms with E-state index in [0.29, 0.717) is 42.1 Å². The Morgan fingerprint density at radius 1 is 1.09 bits per heavy atom. The molecule has 0 saturated carbocycles. The van der Waals surface area contributed by atoms with E-state index in [1.165, 1.54) is 18.1 Å². The molecule has 1 amide bonds. The Labute approximate surface area is 202 Å². The predicted octanol–water partition coefficient (Wildman–Crippen LogP) is 4.07. The summed E-state index contributed by atoms with van der Waals surface area (Å²) in [5.74, 6) is -0.617. The van der Waals surface area contributed by atoms with Crippen LogP contribution in [0.1, 0.15) is 23.6 Å². The molecule has 1 fully saturated rings. The molecule has 176 valence electrons. The van der Waals surface area contributed by atoms with Gasteiger partial charge in [0.05, 0.1) is 37.2 Å². The summed E-state index contributed by atoms with van der Waals surface area (Å²) < 4.78 is 12.3. The largest absolute Gasteiger partial charge is 0.507 e. The number of hydrogen-bond donors (Lipinski definition) is 1. The highest BCUT2D eigenvalue weighted by Gasteiger charge is 2.45. The van der Waals surface area contributed by atoms with Gasteiger partial charge in [-0.2, -0.15) is 0 Å². The van der Waals surface area contributed by atoms with Crippen LogP contribution in [0.4, 0.5) is 0 Å². The molecule has 0 aliphatic carbocycles. The number of Topliss-reactive ketones (excluding diaryl/α,β-unsaturated/α-hetero) is 1. The van der Waals surface area contributed by atoms with Gasteiger partial charge in [-0.1, -0.05) is 23.7 Å². The number of amides is 1. The monoisotopic (exact) mass is 481 g/mol. The average molecular weight is 482 g/mol. The van der Waals surface area contributed by atoms with Gasteiger partial charge in [-0.25, -0.2) is 4.98 Å². The fraction of sp³-hybridized carbons (Fsp3) is 0.240. The maximum atomic E-state index is 13.1. The molecule has 2 aromatic carbocycles. The first kappa shape index (κ1) is 23.4. The number of aryl methyl sites for hydroxylation is 1. The molecule has 1 aliphatic heterocycles. The smallest absolute Gasteiger partial charge is 0.295 e. The van der Waals surface area contributed by atoms with Crippen molar-refractivity contribution in [2.24, 2.45) is 0 Å². The van der Waals surface area contributed by atoms with E-state index in [2.05, 4.69) is 4.98 Å². The van der Waals surface area contributed by atoms with Crippen molar-refractivity contribution in [3.8, 4) is 11.5 Å². The van der Waals surface area contributed by atoms with Crippen LogP contribution < -0.4 is 9.47 Å². The van der Waals surface area contributed by atoms with Gasteiger partial charge >= 0.3 is 0 Å². The number of halogens is 1. The molecule has 1 aromatic heterocycles. The minimum Gasteiger partial charge on any atom is -0.507 e. The highest BCUT2D eigenvalue weighted by Crippen LogP contribution is 2.40. The molecular formula is C25H24ClN3O5. The molecule has 1 atom stereocenters. The van der Waals surface area contributed by atoms with Crippen molar-refractivity contribution in [2.45, 2.75) is 19.0 Å². The number of methoxy groups -OCH3 is 2. The molecule has 0 bridgehead atoms. The van der Waals surface area contributed by atoms with Crippen molar-refractivity contribution in [1.29, 1.82) is 0 Å². The third-order valence-electron chi connectivity index (χ3n) is 5.77. The van der Waals surface area contributed by atoms with Gasteiger partial charge in [0.25, 0.3) is 11.7 Å². The third-order valence-corrected chi connectivity index (χ3v) is 6.07. The molecule has 0 unspecified atom stereocenters. The topological polar surface area (TPSA) is 93.9 Å². The summed E-state index contributed by atoms with van der Waals surface area (Å²) >= 11 is 6.24. The van der Waals surface area contributed by atoms with Gasteiger partial charge in [-0.05, 0) is 42.3 Å². The molecule has 9 heteroatoms. The lowest BCUT2D eigenvalue weighted by atomic mass is 9.95. The lowest BCUT2D eigenvalue weighted by Gasteiger charge is -2.25. The number of aliphatic hydroxyl groups excluding tert-OH is 1. The summed E-state index contributed by atoms with van der Waals surface area (Å²) in [7, 11) is 3.05. The lowest BCUT2D eigenvalue weighted by Crippen LogP contribution is -2.31. The number of hydrogen-bond acceptors (Lipinski definition) is 6. The van der Waals surface area contributed by atoms with E-state index in [4.69, 9.17) is 21.1 Å². The van der Waals surface area contributed by atoms with Gasteiger partial charge < -0.3 is 24.0 Å². The highest BCUT2D eigenvalue weighted by molar-refractivity contribution is 6.46. The number of ether oxygens (including phenoxy) is 2. The maximum Gasteiger partial charge on any atom is 0.295 e. The number of carbonyl (C=O) groups is 2. The zero-order valence-electron chi connectivity index (χ0n) is 18.8. The van der Waals surface area contributed by atoms with Gasteiger partial charge in [0.15, 0.2) is 0 Å². The van der Waals surface area contributed by atoms with Gasteiger partial charge in [-0.15, -0.1) is 0 Å². The second-order valence-corrected chi connectivity index (χ2v) is 8.18. The number of ketones is 1. The molecule has 34 heavy (non-hydrogen) atoms. The van der Waals surface area contributed by atoms with Crippen LogP contribution in [0.3, 0.4) is 0 Å². The molecule has 1 aliphatic rings. The summed E-state index contributed by atoms with van der Waals surface area (Å²) in [6.45, 7) is 0.950. The number of aromatic nitrogens is 2. The van der Waals surface area contributed by atoms with E-state index >= 15 is 0 Å². The van der Waals surface area contributed by atoms with Gasteiger partial charge in [-0.3, -0.25) is 9.59 Å². The van der Waals surface area contributed by atoms with E-state index in [1.54, 1.807) is 56.0 Å². The Balaban J connectivity index is 1.74.